The van der Waals surface area contributed by atoms with Crippen LogP contribution in [0.1, 0.15) is 41.0 Å². The second kappa shape index (κ2) is 5.40. The van der Waals surface area contributed by atoms with Crippen LogP contribution in [0.2, 0.25) is 0 Å². The third-order valence-corrected chi connectivity index (χ3v) is 1.66. The quantitative estimate of drug-likeness (QED) is 0.668. The van der Waals surface area contributed by atoms with E-state index in [0.717, 1.165) is 0 Å². The number of allylic oxidation sites excluding steroid dienone is 1. The Kier molecular flexibility index (Phi) is 5.26. The lowest BCUT2D eigenvalue weighted by molar-refractivity contribution is -0.00371. The van der Waals surface area contributed by atoms with E-state index in [4.69, 9.17) is 4.74 Å². The van der Waals surface area contributed by atoms with Crippen molar-refractivity contribution in [3.63, 3.8) is 0 Å². The highest BCUT2D eigenvalue weighted by Crippen LogP contribution is 2.12. The van der Waals surface area contributed by atoms with E-state index < -0.39 is 5.60 Å². The van der Waals surface area contributed by atoms with E-state index >= 15 is 0 Å². The third-order valence-electron chi connectivity index (χ3n) is 1.66. The molecule has 0 heterocycles. The summed E-state index contributed by atoms with van der Waals surface area (Å²) in [5, 5.41) is 9.50. The molecular weight excluding hydrogens is 164 g/mol. The Morgan fingerprint density at radius 2 is 2.00 bits per heavy atom. The summed E-state index contributed by atoms with van der Waals surface area (Å²) in [6.45, 7) is 10.3. The Bertz CT molecular complexity index is 161. The van der Waals surface area contributed by atoms with Crippen molar-refractivity contribution in [2.45, 2.75) is 52.7 Å². The monoisotopic (exact) mass is 186 g/mol. The van der Waals surface area contributed by atoms with E-state index in [1.807, 2.05) is 26.8 Å². The van der Waals surface area contributed by atoms with Crippen molar-refractivity contribution in [1.29, 1.82) is 0 Å². The molecule has 0 spiro atoms. The molecule has 0 saturated heterocycles. The van der Waals surface area contributed by atoms with Crippen LogP contribution < -0.4 is 0 Å². The lowest BCUT2D eigenvalue weighted by Crippen LogP contribution is -2.26. The van der Waals surface area contributed by atoms with Crippen molar-refractivity contribution < 1.29 is 9.84 Å². The zero-order valence-electron chi connectivity index (χ0n) is 9.42. The second-order valence-corrected chi connectivity index (χ2v) is 4.44. The lowest BCUT2D eigenvalue weighted by atomic mass is 10.0. The number of rotatable bonds is 5. The van der Waals surface area contributed by atoms with Crippen molar-refractivity contribution >= 4 is 0 Å². The van der Waals surface area contributed by atoms with Gasteiger partial charge in [0, 0.05) is 6.42 Å². The van der Waals surface area contributed by atoms with Gasteiger partial charge in [0.05, 0.1) is 18.3 Å². The molecule has 13 heavy (non-hydrogen) atoms. The fourth-order valence-electron chi connectivity index (χ4n) is 1.14. The molecule has 2 nitrogen and oxygen atoms in total. The average molecular weight is 186 g/mol. The van der Waals surface area contributed by atoms with Crippen LogP contribution in [0.25, 0.3) is 0 Å². The van der Waals surface area contributed by atoms with Crippen molar-refractivity contribution in [2.24, 2.45) is 0 Å². The zero-order valence-corrected chi connectivity index (χ0v) is 9.42. The highest BCUT2D eigenvalue weighted by Gasteiger charge is 2.16. The van der Waals surface area contributed by atoms with Gasteiger partial charge in [0.1, 0.15) is 0 Å². The first kappa shape index (κ1) is 12.7. The number of aliphatic hydroxyl groups is 1. The first-order valence-corrected chi connectivity index (χ1v) is 4.78. The molecule has 0 aliphatic heterocycles. The maximum atomic E-state index is 9.50. The van der Waals surface area contributed by atoms with Crippen LogP contribution in [0.3, 0.4) is 0 Å². The second-order valence-electron chi connectivity index (χ2n) is 4.44. The van der Waals surface area contributed by atoms with E-state index in [1.54, 1.807) is 13.8 Å². The maximum Gasteiger partial charge on any atom is 0.0653 e. The summed E-state index contributed by atoms with van der Waals surface area (Å²) >= 11 is 0. The minimum atomic E-state index is -0.635. The highest BCUT2D eigenvalue weighted by molar-refractivity contribution is 4.92. The maximum absolute atomic E-state index is 9.50. The van der Waals surface area contributed by atoms with E-state index in [2.05, 4.69) is 0 Å². The molecule has 0 rings (SSSR count). The molecule has 1 unspecified atom stereocenters. The van der Waals surface area contributed by atoms with Gasteiger partial charge >= 0.3 is 0 Å². The van der Waals surface area contributed by atoms with E-state index in [-0.39, 0.29) is 6.10 Å². The van der Waals surface area contributed by atoms with Crippen LogP contribution in [-0.4, -0.2) is 23.4 Å². The summed E-state index contributed by atoms with van der Waals surface area (Å²) in [6.07, 6.45) is 2.82. The Balaban J connectivity index is 3.64. The average Bonchev–Trinajstić information content (AvgIpc) is 1.81. The molecule has 0 aliphatic rings. The largest absolute Gasteiger partial charge is 0.390 e. The van der Waals surface area contributed by atoms with E-state index in [1.165, 1.54) is 5.57 Å². The van der Waals surface area contributed by atoms with E-state index in [9.17, 15) is 5.11 Å². The Hall–Kier alpha value is -0.340. The summed E-state index contributed by atoms with van der Waals surface area (Å²) in [6, 6.07) is 0. The van der Waals surface area contributed by atoms with Crippen LogP contribution in [0, 0.1) is 0 Å². The van der Waals surface area contributed by atoms with Gasteiger partial charge in [0.25, 0.3) is 0 Å². The van der Waals surface area contributed by atoms with Gasteiger partial charge in [0.15, 0.2) is 0 Å². The summed E-state index contributed by atoms with van der Waals surface area (Å²) in [4.78, 5) is 0. The number of ether oxygens (including phenoxy) is 1. The molecule has 0 fully saturated rings. The molecule has 1 atom stereocenters. The van der Waals surface area contributed by atoms with Gasteiger partial charge in [-0.1, -0.05) is 11.6 Å². The minimum Gasteiger partial charge on any atom is -0.390 e. The molecule has 0 radical (unpaired) electrons. The van der Waals surface area contributed by atoms with Gasteiger partial charge in [-0.25, -0.2) is 0 Å². The van der Waals surface area contributed by atoms with Crippen LogP contribution >= 0.6 is 0 Å². The summed E-state index contributed by atoms with van der Waals surface area (Å²) in [5.74, 6) is 0. The fraction of sp³-hybridized carbons (Fsp3) is 0.818. The molecular formula is C11H22O2. The molecule has 0 saturated carbocycles. The molecule has 1 N–H and O–H groups in total. The standard InChI is InChI=1S/C11H22O2/c1-9(2)6-7-13-10(3)8-11(4,5)12/h6,10,12H,7-8H2,1-5H3. The third kappa shape index (κ3) is 9.57. The van der Waals surface area contributed by atoms with Crippen molar-refractivity contribution in [1.82, 2.24) is 0 Å². The fourth-order valence-corrected chi connectivity index (χ4v) is 1.14. The number of hydrogen-bond donors (Lipinski definition) is 1. The van der Waals surface area contributed by atoms with Crippen LogP contribution in [-0.2, 0) is 4.74 Å². The predicted octanol–water partition coefficient (Wildman–Crippen LogP) is 2.52. The molecule has 78 valence electrons. The van der Waals surface area contributed by atoms with Gasteiger partial charge in [-0.2, -0.15) is 0 Å². The highest BCUT2D eigenvalue weighted by atomic mass is 16.5. The van der Waals surface area contributed by atoms with Crippen molar-refractivity contribution in [2.75, 3.05) is 6.61 Å². The summed E-state index contributed by atoms with van der Waals surface area (Å²) < 4.78 is 5.49. The Morgan fingerprint density at radius 1 is 1.46 bits per heavy atom. The van der Waals surface area contributed by atoms with Crippen LogP contribution in [0.5, 0.6) is 0 Å². The number of hydrogen-bond acceptors (Lipinski definition) is 2. The zero-order chi connectivity index (χ0) is 10.5. The van der Waals surface area contributed by atoms with Gasteiger partial charge in [0.2, 0.25) is 0 Å². The predicted molar refractivity (Wildman–Crippen MR) is 55.8 cm³/mol. The molecule has 0 aromatic rings. The molecule has 0 aromatic carbocycles. The molecule has 2 heteroatoms. The Morgan fingerprint density at radius 3 is 2.38 bits per heavy atom. The Labute approximate surface area is 81.6 Å². The summed E-state index contributed by atoms with van der Waals surface area (Å²) in [7, 11) is 0. The minimum absolute atomic E-state index is 0.107. The molecule has 0 bridgehead atoms. The first-order valence-electron chi connectivity index (χ1n) is 4.78. The van der Waals surface area contributed by atoms with Crippen molar-refractivity contribution in [3.8, 4) is 0 Å². The molecule has 0 aliphatic carbocycles. The van der Waals surface area contributed by atoms with Gasteiger partial charge < -0.3 is 9.84 Å². The molecule has 0 amide bonds. The van der Waals surface area contributed by atoms with Crippen molar-refractivity contribution in [3.05, 3.63) is 11.6 Å². The lowest BCUT2D eigenvalue weighted by Gasteiger charge is -2.21. The van der Waals surface area contributed by atoms with Crippen LogP contribution in [0.4, 0.5) is 0 Å². The smallest absolute Gasteiger partial charge is 0.0653 e. The SMILES string of the molecule is CC(C)=CCOC(C)CC(C)(C)O. The van der Waals surface area contributed by atoms with Gasteiger partial charge in [-0.15, -0.1) is 0 Å². The van der Waals surface area contributed by atoms with Crippen LogP contribution in [0.15, 0.2) is 11.6 Å². The first-order chi connectivity index (χ1) is 5.81. The van der Waals surface area contributed by atoms with Gasteiger partial charge in [-0.05, 0) is 34.6 Å². The summed E-state index contributed by atoms with van der Waals surface area (Å²) in [5.41, 5.74) is 0.625. The normalized spacial score (nSPS) is 14.0. The molecule has 0 aromatic heterocycles. The van der Waals surface area contributed by atoms with Gasteiger partial charge in [-0.3, -0.25) is 0 Å². The van der Waals surface area contributed by atoms with E-state index in [0.29, 0.717) is 13.0 Å². The topological polar surface area (TPSA) is 29.5 Å².